The molecule has 20 heavy (non-hydrogen) atoms. The zero-order valence-corrected chi connectivity index (χ0v) is 11.7. The third-order valence-corrected chi connectivity index (χ3v) is 3.56. The smallest absolute Gasteiger partial charge is 0.178 e. The highest BCUT2D eigenvalue weighted by Crippen LogP contribution is 2.48. The zero-order valence-electron chi connectivity index (χ0n) is 11.7. The first-order chi connectivity index (χ1) is 9.85. The van der Waals surface area contributed by atoms with Gasteiger partial charge in [-0.15, -0.1) is 0 Å². The molecule has 2 nitrogen and oxygen atoms in total. The van der Waals surface area contributed by atoms with E-state index in [4.69, 9.17) is 10.5 Å². The first kappa shape index (κ1) is 12.9. The highest BCUT2D eigenvalue weighted by atomic mass is 16.6. The molecular weight excluding hydrogens is 246 g/mol. The topological polar surface area (TPSA) is 38.5 Å². The standard InChI is InChI=1S/C15H10O.C3H9N/c1-3-7-12-10(5-1)9-11-6-2-4-8-13(11)15-14(12)16-15;1-2-3-4/h1-8H,9H2;2-4H2,1H3. The van der Waals surface area contributed by atoms with Gasteiger partial charge >= 0.3 is 0 Å². The van der Waals surface area contributed by atoms with E-state index in [9.17, 15) is 0 Å². The number of benzene rings is 2. The first-order valence-electron chi connectivity index (χ1n) is 7.14. The fraction of sp³-hybridized carbons (Fsp3) is 0.222. The lowest BCUT2D eigenvalue weighted by atomic mass is 9.99. The summed E-state index contributed by atoms with van der Waals surface area (Å²) in [5, 5.41) is 0. The van der Waals surface area contributed by atoms with E-state index in [1.807, 2.05) is 0 Å². The second kappa shape index (κ2) is 5.51. The molecule has 2 aliphatic rings. The van der Waals surface area contributed by atoms with Crippen LogP contribution < -0.4 is 5.73 Å². The third kappa shape index (κ3) is 2.35. The van der Waals surface area contributed by atoms with E-state index in [2.05, 4.69) is 55.5 Å². The SMILES string of the molecule is CCCN.c1ccc2c(c1)Cc1ccccc1C1=C2O1. The number of hydrogen-bond donors (Lipinski definition) is 1. The van der Waals surface area contributed by atoms with Crippen LogP contribution in [0.3, 0.4) is 0 Å². The Morgan fingerprint density at radius 2 is 1.35 bits per heavy atom. The van der Waals surface area contributed by atoms with Crippen molar-refractivity contribution in [1.82, 2.24) is 0 Å². The van der Waals surface area contributed by atoms with E-state index >= 15 is 0 Å². The number of ether oxygens (including phenoxy) is 1. The molecule has 1 aliphatic carbocycles. The Hall–Kier alpha value is -2.06. The molecule has 2 heteroatoms. The summed E-state index contributed by atoms with van der Waals surface area (Å²) in [6, 6.07) is 17.0. The lowest BCUT2D eigenvalue weighted by Crippen LogP contribution is -1.94. The number of fused-ring (bicyclic) bond motifs is 4. The van der Waals surface area contributed by atoms with Gasteiger partial charge in [0.1, 0.15) is 0 Å². The van der Waals surface area contributed by atoms with Crippen LogP contribution >= 0.6 is 0 Å². The third-order valence-electron chi connectivity index (χ3n) is 3.56. The van der Waals surface area contributed by atoms with Gasteiger partial charge in [0, 0.05) is 11.1 Å². The highest BCUT2D eigenvalue weighted by Gasteiger charge is 2.33. The van der Waals surface area contributed by atoms with Crippen molar-refractivity contribution >= 4 is 11.5 Å². The first-order valence-corrected chi connectivity index (χ1v) is 7.14. The Morgan fingerprint density at radius 1 is 0.900 bits per heavy atom. The average molecular weight is 265 g/mol. The van der Waals surface area contributed by atoms with Crippen molar-refractivity contribution in [2.45, 2.75) is 19.8 Å². The second-order valence-electron chi connectivity index (χ2n) is 5.04. The molecule has 1 heterocycles. The van der Waals surface area contributed by atoms with Crippen LogP contribution in [0, 0.1) is 0 Å². The van der Waals surface area contributed by atoms with Crippen LogP contribution in [0.15, 0.2) is 48.5 Å². The van der Waals surface area contributed by atoms with E-state index in [-0.39, 0.29) is 0 Å². The molecule has 0 fully saturated rings. The molecule has 2 aromatic rings. The molecule has 0 bridgehead atoms. The van der Waals surface area contributed by atoms with Crippen molar-refractivity contribution in [2.24, 2.45) is 5.73 Å². The summed E-state index contributed by atoms with van der Waals surface area (Å²) in [5.41, 5.74) is 10.3. The summed E-state index contributed by atoms with van der Waals surface area (Å²) in [7, 11) is 0. The van der Waals surface area contributed by atoms with Crippen LogP contribution in [-0.4, -0.2) is 6.54 Å². The van der Waals surface area contributed by atoms with E-state index in [1.165, 1.54) is 22.3 Å². The summed E-state index contributed by atoms with van der Waals surface area (Å²) in [4.78, 5) is 0. The molecule has 0 aromatic heterocycles. The maximum absolute atomic E-state index is 5.64. The molecule has 0 saturated carbocycles. The molecule has 2 aromatic carbocycles. The lowest BCUT2D eigenvalue weighted by molar-refractivity contribution is 0.583. The Labute approximate surface area is 119 Å². The van der Waals surface area contributed by atoms with Crippen LogP contribution in [0.2, 0.25) is 0 Å². The molecule has 1 aliphatic heterocycles. The summed E-state index contributed by atoms with van der Waals surface area (Å²) < 4.78 is 5.64. The van der Waals surface area contributed by atoms with Crippen molar-refractivity contribution in [3.05, 3.63) is 70.8 Å². The number of nitrogens with two attached hydrogens (primary N) is 1. The van der Waals surface area contributed by atoms with Gasteiger partial charge in [-0.2, -0.15) is 0 Å². The van der Waals surface area contributed by atoms with Crippen molar-refractivity contribution in [3.63, 3.8) is 0 Å². The van der Waals surface area contributed by atoms with Crippen molar-refractivity contribution in [1.29, 1.82) is 0 Å². The van der Waals surface area contributed by atoms with Gasteiger partial charge in [0.05, 0.1) is 0 Å². The maximum Gasteiger partial charge on any atom is 0.178 e. The van der Waals surface area contributed by atoms with Crippen molar-refractivity contribution in [3.8, 4) is 0 Å². The van der Waals surface area contributed by atoms with E-state index < -0.39 is 0 Å². The Balaban J connectivity index is 0.000000272. The average Bonchev–Trinajstić information content (AvgIpc) is 3.29. The lowest BCUT2D eigenvalue weighted by Gasteiger charge is -2.07. The zero-order chi connectivity index (χ0) is 13.9. The van der Waals surface area contributed by atoms with Crippen LogP contribution in [0.1, 0.15) is 35.6 Å². The summed E-state index contributed by atoms with van der Waals surface area (Å²) in [6.07, 6.45) is 2.10. The minimum Gasteiger partial charge on any atom is -0.448 e. The predicted molar refractivity (Wildman–Crippen MR) is 82.9 cm³/mol. The molecule has 0 saturated heterocycles. The highest BCUT2D eigenvalue weighted by molar-refractivity contribution is 5.99. The molecule has 0 atom stereocenters. The number of hydrogen-bond acceptors (Lipinski definition) is 2. The Morgan fingerprint density at radius 3 is 1.80 bits per heavy atom. The molecule has 0 spiro atoms. The van der Waals surface area contributed by atoms with Gasteiger partial charge in [0.2, 0.25) is 0 Å². The summed E-state index contributed by atoms with van der Waals surface area (Å²) >= 11 is 0. The molecule has 0 unspecified atom stereocenters. The quantitative estimate of drug-likeness (QED) is 0.851. The normalized spacial score (nSPS) is 13.9. The van der Waals surface area contributed by atoms with Gasteiger partial charge in [-0.25, -0.2) is 0 Å². The fourth-order valence-corrected chi connectivity index (χ4v) is 2.43. The minimum atomic E-state index is 0.819. The van der Waals surface area contributed by atoms with Gasteiger partial charge in [0.25, 0.3) is 0 Å². The van der Waals surface area contributed by atoms with Crippen LogP contribution in [0.5, 0.6) is 0 Å². The maximum atomic E-state index is 5.64. The van der Waals surface area contributed by atoms with Gasteiger partial charge < -0.3 is 10.5 Å². The second-order valence-corrected chi connectivity index (χ2v) is 5.04. The minimum absolute atomic E-state index is 0.819. The monoisotopic (exact) mass is 265 g/mol. The van der Waals surface area contributed by atoms with Gasteiger partial charge in [-0.3, -0.25) is 0 Å². The largest absolute Gasteiger partial charge is 0.448 e. The van der Waals surface area contributed by atoms with Crippen LogP contribution in [0.4, 0.5) is 0 Å². The Bertz CT molecular complexity index is 602. The van der Waals surface area contributed by atoms with Crippen molar-refractivity contribution in [2.75, 3.05) is 6.54 Å². The molecule has 2 N–H and O–H groups in total. The predicted octanol–water partition coefficient (Wildman–Crippen LogP) is 3.80. The van der Waals surface area contributed by atoms with Crippen molar-refractivity contribution < 1.29 is 4.74 Å². The molecule has 0 radical (unpaired) electrons. The van der Waals surface area contributed by atoms with E-state index in [1.54, 1.807) is 0 Å². The van der Waals surface area contributed by atoms with Gasteiger partial charge in [-0.1, -0.05) is 55.5 Å². The number of rotatable bonds is 1. The van der Waals surface area contributed by atoms with Crippen LogP contribution in [0.25, 0.3) is 11.5 Å². The molecule has 4 rings (SSSR count). The van der Waals surface area contributed by atoms with E-state index in [0.29, 0.717) is 0 Å². The molecular formula is C18H19NO. The van der Waals surface area contributed by atoms with Gasteiger partial charge in [0.15, 0.2) is 11.5 Å². The summed E-state index contributed by atoms with van der Waals surface area (Å²) in [5.74, 6) is 2.14. The Kier molecular flexibility index (Phi) is 3.57. The molecule has 102 valence electrons. The van der Waals surface area contributed by atoms with Crippen LogP contribution in [-0.2, 0) is 11.2 Å². The summed E-state index contributed by atoms with van der Waals surface area (Å²) in [6.45, 7) is 2.88. The van der Waals surface area contributed by atoms with E-state index in [0.717, 1.165) is 30.9 Å². The fourth-order valence-electron chi connectivity index (χ4n) is 2.43. The molecule has 0 amide bonds. The van der Waals surface area contributed by atoms with Gasteiger partial charge in [-0.05, 0) is 30.5 Å².